The lowest BCUT2D eigenvalue weighted by Crippen LogP contribution is -2.34. The van der Waals surface area contributed by atoms with Crippen molar-refractivity contribution >= 4 is 58.1 Å². The summed E-state index contributed by atoms with van der Waals surface area (Å²) in [7, 11) is 3.57. The summed E-state index contributed by atoms with van der Waals surface area (Å²) >= 11 is 1.45. The van der Waals surface area contributed by atoms with Crippen molar-refractivity contribution in [3.63, 3.8) is 0 Å². The van der Waals surface area contributed by atoms with Crippen molar-refractivity contribution < 1.29 is 9.53 Å². The molecule has 0 aliphatic rings. The predicted molar refractivity (Wildman–Crippen MR) is 130 cm³/mol. The van der Waals surface area contributed by atoms with E-state index in [-0.39, 0.29) is 36.1 Å². The molecule has 2 heterocycles. The van der Waals surface area contributed by atoms with Gasteiger partial charge in [-0.3, -0.25) is 9.20 Å². The Hall–Kier alpha value is -1.38. The second kappa shape index (κ2) is 11.3. The Morgan fingerprint density at radius 1 is 1.27 bits per heavy atom. The number of nitrogens with zero attached hydrogens (tertiary/aromatic N) is 3. The average molecular weight is 475 g/mol. The maximum absolute atomic E-state index is 12.8. The zero-order valence-electron chi connectivity index (χ0n) is 18.2. The third kappa shape index (κ3) is 6.56. The third-order valence-corrected chi connectivity index (χ3v) is 5.48. The van der Waals surface area contributed by atoms with Crippen LogP contribution in [-0.2, 0) is 11.2 Å². The second-order valence-electron chi connectivity index (χ2n) is 8.40. The first-order valence-corrected chi connectivity index (χ1v) is 10.5. The molecule has 30 heavy (non-hydrogen) atoms. The molecule has 1 amide bonds. The summed E-state index contributed by atoms with van der Waals surface area (Å²) < 4.78 is 7.07. The molecule has 0 fully saturated rings. The number of methoxy groups -OCH3 is 1. The van der Waals surface area contributed by atoms with E-state index < -0.39 is 0 Å². The molecule has 0 aliphatic carbocycles. The van der Waals surface area contributed by atoms with Gasteiger partial charge in [0.15, 0.2) is 4.96 Å². The lowest BCUT2D eigenvalue weighted by atomic mass is 9.96. The molecule has 0 atom stereocenters. The topological polar surface area (TPSA) is 58.9 Å². The van der Waals surface area contributed by atoms with Crippen LogP contribution >= 0.6 is 36.2 Å². The molecule has 0 unspecified atom stereocenters. The normalized spacial score (nSPS) is 11.4. The molecular weight excluding hydrogens is 443 g/mol. The van der Waals surface area contributed by atoms with E-state index in [0.717, 1.165) is 47.0 Å². The van der Waals surface area contributed by atoms with Crippen LogP contribution in [0.4, 0.5) is 0 Å². The van der Waals surface area contributed by atoms with Gasteiger partial charge in [-0.15, -0.1) is 24.8 Å². The van der Waals surface area contributed by atoms with Crippen molar-refractivity contribution in [3.05, 3.63) is 34.8 Å². The van der Waals surface area contributed by atoms with E-state index in [4.69, 9.17) is 9.72 Å². The molecule has 0 spiro atoms. The van der Waals surface area contributed by atoms with Gasteiger partial charge >= 0.3 is 0 Å². The van der Waals surface area contributed by atoms with Crippen molar-refractivity contribution in [2.75, 3.05) is 40.4 Å². The number of carbonyl (C=O) groups is 1. The van der Waals surface area contributed by atoms with Gasteiger partial charge in [-0.25, -0.2) is 4.98 Å². The Morgan fingerprint density at radius 3 is 2.67 bits per heavy atom. The molecular formula is C21H32Cl2N4O2S. The number of imidazole rings is 1. The van der Waals surface area contributed by atoms with Crippen LogP contribution in [0.3, 0.4) is 0 Å². The number of ether oxygens (including phenoxy) is 1. The number of amides is 1. The molecule has 0 saturated heterocycles. The van der Waals surface area contributed by atoms with Crippen molar-refractivity contribution in [2.45, 2.75) is 27.2 Å². The SMILES string of the molecule is COCCNCCc1ccc2c(c1)nc1sc(C(=O)N(C)CC(C)(C)C)cn12.Cl.Cl. The quantitative estimate of drug-likeness (QED) is 0.494. The van der Waals surface area contributed by atoms with Crippen LogP contribution in [0, 0.1) is 5.41 Å². The van der Waals surface area contributed by atoms with Crippen LogP contribution in [0.1, 0.15) is 36.0 Å². The minimum absolute atomic E-state index is 0. The Morgan fingerprint density at radius 2 is 2.00 bits per heavy atom. The van der Waals surface area contributed by atoms with E-state index in [2.05, 4.69) is 44.3 Å². The van der Waals surface area contributed by atoms with Crippen LogP contribution < -0.4 is 5.32 Å². The zero-order valence-corrected chi connectivity index (χ0v) is 20.7. The van der Waals surface area contributed by atoms with E-state index in [1.807, 2.05) is 17.6 Å². The summed E-state index contributed by atoms with van der Waals surface area (Å²) in [5, 5.41) is 3.36. The number of thiazole rings is 1. The Balaban J connectivity index is 0.00000225. The van der Waals surface area contributed by atoms with E-state index >= 15 is 0 Å². The monoisotopic (exact) mass is 474 g/mol. The van der Waals surface area contributed by atoms with Gasteiger partial charge in [-0.2, -0.15) is 0 Å². The highest BCUT2D eigenvalue weighted by Gasteiger charge is 2.21. The van der Waals surface area contributed by atoms with Gasteiger partial charge < -0.3 is 15.0 Å². The molecule has 3 aromatic rings. The Labute approximate surface area is 194 Å². The van der Waals surface area contributed by atoms with Crippen LogP contribution in [0.5, 0.6) is 0 Å². The highest BCUT2D eigenvalue weighted by Crippen LogP contribution is 2.26. The van der Waals surface area contributed by atoms with E-state index in [0.29, 0.717) is 6.54 Å². The number of aromatic nitrogens is 2. The largest absolute Gasteiger partial charge is 0.383 e. The molecule has 0 saturated carbocycles. The zero-order chi connectivity index (χ0) is 20.3. The molecule has 3 rings (SSSR count). The number of benzene rings is 1. The first-order chi connectivity index (χ1) is 13.3. The lowest BCUT2D eigenvalue weighted by molar-refractivity contribution is 0.0750. The first kappa shape index (κ1) is 26.7. The summed E-state index contributed by atoms with van der Waals surface area (Å²) in [4.78, 5) is 20.9. The lowest BCUT2D eigenvalue weighted by Gasteiger charge is -2.26. The minimum atomic E-state index is 0. The Kier molecular flexibility index (Phi) is 10.0. The first-order valence-electron chi connectivity index (χ1n) is 9.64. The van der Waals surface area contributed by atoms with Gasteiger partial charge in [0.25, 0.3) is 5.91 Å². The van der Waals surface area contributed by atoms with Crippen molar-refractivity contribution in [1.82, 2.24) is 19.6 Å². The molecule has 6 nitrogen and oxygen atoms in total. The highest BCUT2D eigenvalue weighted by molar-refractivity contribution is 7.18. The average Bonchev–Trinajstić information content (AvgIpc) is 3.16. The van der Waals surface area contributed by atoms with Crippen LogP contribution in [0.25, 0.3) is 16.0 Å². The van der Waals surface area contributed by atoms with Gasteiger partial charge in [0.1, 0.15) is 4.88 Å². The summed E-state index contributed by atoms with van der Waals surface area (Å²) in [5.41, 5.74) is 3.34. The fourth-order valence-electron chi connectivity index (χ4n) is 3.32. The fourth-order valence-corrected chi connectivity index (χ4v) is 4.31. The van der Waals surface area contributed by atoms with Crippen molar-refractivity contribution in [3.8, 4) is 0 Å². The molecule has 9 heteroatoms. The summed E-state index contributed by atoms with van der Waals surface area (Å²) in [6.07, 6.45) is 2.87. The number of halogens is 2. The smallest absolute Gasteiger partial charge is 0.265 e. The molecule has 0 bridgehead atoms. The van der Waals surface area contributed by atoms with E-state index in [9.17, 15) is 4.79 Å². The summed E-state index contributed by atoms with van der Waals surface area (Å²) in [6, 6.07) is 6.37. The maximum atomic E-state index is 12.8. The third-order valence-electron chi connectivity index (χ3n) is 4.51. The van der Waals surface area contributed by atoms with Crippen LogP contribution in [0.15, 0.2) is 24.4 Å². The highest BCUT2D eigenvalue weighted by atomic mass is 35.5. The summed E-state index contributed by atoms with van der Waals surface area (Å²) in [6.45, 7) is 9.62. The van der Waals surface area contributed by atoms with Crippen molar-refractivity contribution in [2.24, 2.45) is 5.41 Å². The number of hydrogen-bond donors (Lipinski definition) is 1. The van der Waals surface area contributed by atoms with Gasteiger partial charge in [0, 0.05) is 33.4 Å². The standard InChI is InChI=1S/C21H30N4O2S.2ClH/c1-21(2,3)14-24(4)19(26)18-13-25-17-7-6-15(8-9-22-10-11-27-5)12-16(17)23-20(25)28-18;;/h6-7,12-13,22H,8-11,14H2,1-5H3;2*1H. The number of rotatable bonds is 8. The molecule has 0 aliphatic heterocycles. The molecule has 2 aromatic heterocycles. The van der Waals surface area contributed by atoms with Crippen LogP contribution in [-0.4, -0.2) is 60.6 Å². The predicted octanol–water partition coefficient (Wildman–Crippen LogP) is 4.29. The number of fused-ring (bicyclic) bond motifs is 3. The summed E-state index contributed by atoms with van der Waals surface area (Å²) in [5.74, 6) is 0.0531. The van der Waals surface area contributed by atoms with Crippen LogP contribution in [0.2, 0.25) is 0 Å². The van der Waals surface area contributed by atoms with E-state index in [1.165, 1.54) is 16.9 Å². The van der Waals surface area contributed by atoms with E-state index in [1.54, 1.807) is 12.0 Å². The minimum Gasteiger partial charge on any atom is -0.383 e. The number of nitrogens with one attached hydrogen (secondary N) is 1. The molecule has 0 radical (unpaired) electrons. The maximum Gasteiger partial charge on any atom is 0.265 e. The van der Waals surface area contributed by atoms with Gasteiger partial charge in [-0.05, 0) is 36.1 Å². The Bertz CT molecular complexity index is 965. The van der Waals surface area contributed by atoms with Crippen molar-refractivity contribution in [1.29, 1.82) is 0 Å². The van der Waals surface area contributed by atoms with Gasteiger partial charge in [0.05, 0.1) is 17.6 Å². The molecule has 1 aromatic carbocycles. The number of hydrogen-bond acceptors (Lipinski definition) is 5. The fraction of sp³-hybridized carbons (Fsp3) is 0.524. The molecule has 1 N–H and O–H groups in total. The van der Waals surface area contributed by atoms with Gasteiger partial charge in [-0.1, -0.05) is 38.2 Å². The number of carbonyl (C=O) groups excluding carboxylic acids is 1. The van der Waals surface area contributed by atoms with Gasteiger partial charge in [0.2, 0.25) is 0 Å². The molecule has 168 valence electrons. The second-order valence-corrected chi connectivity index (χ2v) is 9.41.